The Morgan fingerprint density at radius 2 is 1.96 bits per heavy atom. The molecule has 4 saturated carbocycles. The molecule has 4 bridgehead atoms. The molecule has 0 aliphatic heterocycles. The van der Waals surface area contributed by atoms with Crippen molar-refractivity contribution >= 4 is 17.5 Å². The van der Waals surface area contributed by atoms with Gasteiger partial charge in [-0.2, -0.15) is 0 Å². The second kappa shape index (κ2) is 5.47. The van der Waals surface area contributed by atoms with E-state index in [1.54, 1.807) is 6.92 Å². The quantitative estimate of drug-likeness (QED) is 0.822. The Morgan fingerprint density at radius 1 is 1.28 bits per heavy atom. The van der Waals surface area contributed by atoms with E-state index >= 15 is 0 Å². The third kappa shape index (κ3) is 2.39. The van der Waals surface area contributed by atoms with Crippen molar-refractivity contribution in [3.63, 3.8) is 0 Å². The van der Waals surface area contributed by atoms with E-state index in [9.17, 15) is 9.90 Å². The minimum Gasteiger partial charge on any atom is -0.389 e. The Kier molecular flexibility index (Phi) is 3.80. The molecule has 0 saturated heterocycles. The summed E-state index contributed by atoms with van der Waals surface area (Å²) in [5.41, 5.74) is -0.0973. The average molecular weight is 362 g/mol. The molecule has 0 spiro atoms. The molecule has 4 fully saturated rings. The van der Waals surface area contributed by atoms with E-state index < -0.39 is 5.60 Å². The first kappa shape index (κ1) is 17.4. The van der Waals surface area contributed by atoms with Crippen LogP contribution in [-0.4, -0.2) is 33.4 Å². The summed E-state index contributed by atoms with van der Waals surface area (Å²) in [6.45, 7) is 3.81. The van der Waals surface area contributed by atoms with Crippen molar-refractivity contribution in [2.75, 3.05) is 7.05 Å². The normalized spacial score (nSPS) is 43.1. The molecule has 1 aromatic rings. The third-order valence-corrected chi connectivity index (χ3v) is 7.98. The maximum Gasteiger partial charge on any atom is 0.219 e. The highest BCUT2D eigenvalue weighted by Crippen LogP contribution is 2.70. The number of nitrogens with zero attached hydrogens (tertiary/aromatic N) is 1. The van der Waals surface area contributed by atoms with Gasteiger partial charge in [0.2, 0.25) is 5.91 Å². The van der Waals surface area contributed by atoms with Gasteiger partial charge in [-0.05, 0) is 49.5 Å². The van der Waals surface area contributed by atoms with Crippen molar-refractivity contribution in [3.05, 3.63) is 35.9 Å². The summed E-state index contributed by atoms with van der Waals surface area (Å²) < 4.78 is 0. The summed E-state index contributed by atoms with van der Waals surface area (Å²) in [5.74, 6) is 0.887. The van der Waals surface area contributed by atoms with E-state index in [4.69, 9.17) is 11.6 Å². The zero-order valence-corrected chi connectivity index (χ0v) is 16.1. The highest BCUT2D eigenvalue weighted by atomic mass is 35.5. The van der Waals surface area contributed by atoms with Gasteiger partial charge in [0.05, 0.1) is 11.6 Å². The Balaban J connectivity index is 1.85. The molecule has 4 aliphatic rings. The predicted octanol–water partition coefficient (Wildman–Crippen LogP) is 4.14. The number of hydrogen-bond acceptors (Lipinski definition) is 2. The van der Waals surface area contributed by atoms with E-state index in [0.29, 0.717) is 18.3 Å². The first-order valence-electron chi connectivity index (χ1n) is 9.38. The molecule has 0 radical (unpaired) electrons. The number of alkyl halides is 1. The van der Waals surface area contributed by atoms with Gasteiger partial charge in [0.25, 0.3) is 0 Å². The first-order chi connectivity index (χ1) is 11.7. The molecule has 0 heterocycles. The SMILES string of the molecule is CC(=O)N(C)[C@@H](c1ccccc1)[C@@]1(C)C2CC3C[C@](Cl)(C2)C[C@@]1(O)C3. The maximum atomic E-state index is 12.3. The van der Waals surface area contributed by atoms with Crippen molar-refractivity contribution in [3.8, 4) is 0 Å². The van der Waals surface area contributed by atoms with Gasteiger partial charge in [-0.1, -0.05) is 37.3 Å². The number of carbonyl (C=O) groups is 1. The molecule has 1 aromatic carbocycles. The number of rotatable bonds is 3. The van der Waals surface area contributed by atoms with Crippen LogP contribution in [0.4, 0.5) is 0 Å². The Morgan fingerprint density at radius 3 is 2.52 bits per heavy atom. The van der Waals surface area contributed by atoms with Crippen LogP contribution in [-0.2, 0) is 4.79 Å². The van der Waals surface area contributed by atoms with Gasteiger partial charge in [0.15, 0.2) is 0 Å². The maximum absolute atomic E-state index is 12.3. The van der Waals surface area contributed by atoms with Crippen LogP contribution in [0.1, 0.15) is 57.6 Å². The van der Waals surface area contributed by atoms with Crippen LogP contribution in [0, 0.1) is 17.3 Å². The summed E-state index contributed by atoms with van der Waals surface area (Å²) in [7, 11) is 1.87. The van der Waals surface area contributed by atoms with Crippen molar-refractivity contribution < 1.29 is 9.90 Å². The highest BCUT2D eigenvalue weighted by molar-refractivity contribution is 6.24. The Labute approximate surface area is 155 Å². The van der Waals surface area contributed by atoms with Gasteiger partial charge in [0.1, 0.15) is 0 Å². The Hall–Kier alpha value is -1.06. The molecule has 4 heteroatoms. The lowest BCUT2D eigenvalue weighted by Gasteiger charge is -2.69. The molecule has 5 rings (SSSR count). The highest BCUT2D eigenvalue weighted by Gasteiger charge is 2.69. The molecule has 1 N–H and O–H groups in total. The number of amides is 1. The molecular weight excluding hydrogens is 334 g/mol. The number of benzene rings is 1. The number of carbonyl (C=O) groups excluding carboxylic acids is 1. The second-order valence-corrected chi connectivity index (χ2v) is 9.80. The standard InChI is InChI=1S/C21H28ClNO2/c1-14(24)23(3)18(16-7-5-4-6-8-16)19(2)17-9-15-10-20(22,12-17)13-21(19,25)11-15/h4-8,15,17-18,25H,9-13H2,1-3H3/t15?,17?,18-,19+,20-,21-/m0/s1. The van der Waals surface area contributed by atoms with E-state index in [0.717, 1.165) is 31.2 Å². The minimum absolute atomic E-state index is 0.0353. The van der Waals surface area contributed by atoms with Crippen LogP contribution < -0.4 is 0 Å². The fraction of sp³-hybridized carbons (Fsp3) is 0.667. The van der Waals surface area contributed by atoms with Gasteiger partial charge in [-0.15, -0.1) is 11.6 Å². The lowest BCUT2D eigenvalue weighted by molar-refractivity contribution is -0.237. The van der Waals surface area contributed by atoms with Crippen molar-refractivity contribution in [2.24, 2.45) is 17.3 Å². The summed E-state index contributed by atoms with van der Waals surface area (Å²) in [4.78, 5) is 13.9. The minimum atomic E-state index is -0.816. The summed E-state index contributed by atoms with van der Waals surface area (Å²) in [5, 5.41) is 11.8. The van der Waals surface area contributed by atoms with Gasteiger partial charge in [0, 0.05) is 24.3 Å². The molecule has 0 aromatic heterocycles. The number of aliphatic hydroxyl groups is 1. The molecule has 4 aliphatic carbocycles. The second-order valence-electron chi connectivity index (χ2n) is 9.00. The summed E-state index contributed by atoms with van der Waals surface area (Å²) in [6, 6.07) is 10.1. The number of hydrogen-bond donors (Lipinski definition) is 1. The molecule has 25 heavy (non-hydrogen) atoms. The fourth-order valence-corrected chi connectivity index (χ4v) is 7.12. The largest absolute Gasteiger partial charge is 0.389 e. The topological polar surface area (TPSA) is 40.5 Å². The van der Waals surface area contributed by atoms with Crippen LogP contribution in [0.2, 0.25) is 0 Å². The van der Waals surface area contributed by atoms with Crippen LogP contribution >= 0.6 is 11.6 Å². The van der Waals surface area contributed by atoms with E-state index in [2.05, 4.69) is 19.1 Å². The van der Waals surface area contributed by atoms with E-state index in [1.807, 2.05) is 30.1 Å². The van der Waals surface area contributed by atoms with Crippen LogP contribution in [0.15, 0.2) is 30.3 Å². The fourth-order valence-electron chi connectivity index (χ4n) is 6.50. The zero-order valence-electron chi connectivity index (χ0n) is 15.3. The van der Waals surface area contributed by atoms with Crippen LogP contribution in [0.25, 0.3) is 0 Å². The van der Waals surface area contributed by atoms with Gasteiger partial charge < -0.3 is 10.0 Å². The molecule has 1 amide bonds. The van der Waals surface area contributed by atoms with Crippen LogP contribution in [0.3, 0.4) is 0 Å². The molecular formula is C21H28ClNO2. The smallest absolute Gasteiger partial charge is 0.219 e. The lowest BCUT2D eigenvalue weighted by Crippen LogP contribution is -2.70. The lowest BCUT2D eigenvalue weighted by atomic mass is 9.41. The molecule has 136 valence electrons. The van der Waals surface area contributed by atoms with Crippen LogP contribution in [0.5, 0.6) is 0 Å². The Bertz CT molecular complexity index is 694. The third-order valence-electron chi connectivity index (χ3n) is 7.54. The van der Waals surface area contributed by atoms with Gasteiger partial charge in [-0.3, -0.25) is 4.79 Å². The van der Waals surface area contributed by atoms with Crippen molar-refractivity contribution in [2.45, 2.75) is 62.5 Å². The van der Waals surface area contributed by atoms with Gasteiger partial charge >= 0.3 is 0 Å². The van der Waals surface area contributed by atoms with Crippen molar-refractivity contribution in [1.82, 2.24) is 4.90 Å². The van der Waals surface area contributed by atoms with E-state index in [1.165, 1.54) is 0 Å². The zero-order chi connectivity index (χ0) is 18.0. The molecule has 2 unspecified atom stereocenters. The van der Waals surface area contributed by atoms with E-state index in [-0.39, 0.29) is 22.2 Å². The first-order valence-corrected chi connectivity index (χ1v) is 9.76. The number of halogens is 1. The van der Waals surface area contributed by atoms with Crippen molar-refractivity contribution in [1.29, 1.82) is 0 Å². The average Bonchev–Trinajstić information content (AvgIpc) is 2.52. The monoisotopic (exact) mass is 361 g/mol. The predicted molar refractivity (Wildman–Crippen MR) is 99.3 cm³/mol. The summed E-state index contributed by atoms with van der Waals surface area (Å²) in [6.07, 6.45) is 4.53. The molecule has 6 atom stereocenters. The van der Waals surface area contributed by atoms with Gasteiger partial charge in [-0.25, -0.2) is 0 Å². The summed E-state index contributed by atoms with van der Waals surface area (Å²) >= 11 is 6.90. The molecule has 3 nitrogen and oxygen atoms in total.